The zero-order valence-corrected chi connectivity index (χ0v) is 9.45. The Bertz CT molecular complexity index is 505. The summed E-state index contributed by atoms with van der Waals surface area (Å²) in [7, 11) is 0. The van der Waals surface area contributed by atoms with E-state index in [0.29, 0.717) is 0 Å². The summed E-state index contributed by atoms with van der Waals surface area (Å²) in [6, 6.07) is 21.3. The van der Waals surface area contributed by atoms with Crippen LogP contribution >= 0.6 is 0 Å². The van der Waals surface area contributed by atoms with Gasteiger partial charge in [-0.2, -0.15) is 0 Å². The predicted octanol–water partition coefficient (Wildman–Crippen LogP) is 3.10. The van der Waals surface area contributed by atoms with Gasteiger partial charge in [0.15, 0.2) is 0 Å². The first-order valence-electron chi connectivity index (χ1n) is 5.83. The predicted molar refractivity (Wildman–Crippen MR) is 70.0 cm³/mol. The molecule has 1 aliphatic heterocycles. The van der Waals surface area contributed by atoms with E-state index in [1.807, 2.05) is 18.5 Å². The molecule has 17 heavy (non-hydrogen) atoms. The number of rotatable bonds is 2. The zero-order valence-electron chi connectivity index (χ0n) is 9.45. The molecule has 0 amide bonds. The number of benzene rings is 2. The number of aliphatic imine (C=N–C) groups is 1. The Morgan fingerprint density at radius 2 is 1.35 bits per heavy atom. The van der Waals surface area contributed by atoms with Gasteiger partial charge in [-0.1, -0.05) is 60.7 Å². The molecule has 0 spiro atoms. The number of hydrogen-bond acceptors (Lipinski definition) is 2. The lowest BCUT2D eigenvalue weighted by Crippen LogP contribution is -2.18. The summed E-state index contributed by atoms with van der Waals surface area (Å²) in [4.78, 5) is 4.53. The van der Waals surface area contributed by atoms with Gasteiger partial charge in [0.25, 0.3) is 0 Å². The van der Waals surface area contributed by atoms with E-state index in [2.05, 4.69) is 58.8 Å². The second-order valence-electron chi connectivity index (χ2n) is 4.19. The van der Waals surface area contributed by atoms with E-state index in [9.17, 15) is 0 Å². The maximum Gasteiger partial charge on any atom is 0.101 e. The average molecular weight is 222 g/mol. The topological polar surface area (TPSA) is 24.4 Å². The largest absolute Gasteiger partial charge is 0.367 e. The standard InChI is InChI=1S/C15H14N2/c1-3-7-12(8-4-1)14-15(17-11-16-14)13-9-5-2-6-10-13/h1-11,14-15H,(H,16,17). The Balaban J connectivity index is 1.93. The van der Waals surface area contributed by atoms with Crippen LogP contribution in [0.2, 0.25) is 0 Å². The Morgan fingerprint density at radius 3 is 2.00 bits per heavy atom. The Labute approximate surface area is 101 Å². The number of hydrogen-bond donors (Lipinski definition) is 1. The lowest BCUT2D eigenvalue weighted by Gasteiger charge is -2.19. The van der Waals surface area contributed by atoms with Crippen molar-refractivity contribution >= 4 is 6.34 Å². The van der Waals surface area contributed by atoms with Gasteiger partial charge in [0, 0.05) is 0 Å². The van der Waals surface area contributed by atoms with Gasteiger partial charge in [0.1, 0.15) is 6.04 Å². The van der Waals surface area contributed by atoms with Crippen LogP contribution in [0, 0.1) is 0 Å². The smallest absolute Gasteiger partial charge is 0.101 e. The van der Waals surface area contributed by atoms with E-state index in [-0.39, 0.29) is 12.1 Å². The lowest BCUT2D eigenvalue weighted by atomic mass is 9.95. The first-order chi connectivity index (χ1) is 8.45. The normalized spacial score (nSPS) is 22.4. The van der Waals surface area contributed by atoms with Gasteiger partial charge >= 0.3 is 0 Å². The molecule has 1 heterocycles. The summed E-state index contributed by atoms with van der Waals surface area (Å²) in [6.45, 7) is 0. The van der Waals surface area contributed by atoms with Gasteiger partial charge in [0.05, 0.1) is 12.4 Å². The highest BCUT2D eigenvalue weighted by atomic mass is 15.1. The summed E-state index contributed by atoms with van der Waals surface area (Å²) < 4.78 is 0. The van der Waals surface area contributed by atoms with Crippen molar-refractivity contribution < 1.29 is 0 Å². The molecule has 84 valence electrons. The minimum atomic E-state index is 0.179. The molecule has 0 saturated heterocycles. The van der Waals surface area contributed by atoms with E-state index in [1.54, 1.807) is 0 Å². The molecule has 2 heteroatoms. The SMILES string of the molecule is C1=NC(c2ccccc2)C(c2ccccc2)N1. The van der Waals surface area contributed by atoms with E-state index >= 15 is 0 Å². The Morgan fingerprint density at radius 1 is 0.765 bits per heavy atom. The molecule has 2 aromatic rings. The molecule has 2 aromatic carbocycles. The molecule has 2 unspecified atom stereocenters. The zero-order chi connectivity index (χ0) is 11.5. The molecule has 2 atom stereocenters. The molecular weight excluding hydrogens is 208 g/mol. The van der Waals surface area contributed by atoms with Gasteiger partial charge in [-0.25, -0.2) is 0 Å². The van der Waals surface area contributed by atoms with Gasteiger partial charge in [-0.05, 0) is 11.1 Å². The second kappa shape index (κ2) is 4.42. The fourth-order valence-corrected chi connectivity index (χ4v) is 2.25. The molecular formula is C15H14N2. The van der Waals surface area contributed by atoms with Crippen LogP contribution in [-0.2, 0) is 0 Å². The van der Waals surface area contributed by atoms with Gasteiger partial charge < -0.3 is 5.32 Å². The summed E-state index contributed by atoms with van der Waals surface area (Å²) in [6.07, 6.45) is 1.81. The van der Waals surface area contributed by atoms with Crippen LogP contribution in [0.3, 0.4) is 0 Å². The van der Waals surface area contributed by atoms with Gasteiger partial charge in [0.2, 0.25) is 0 Å². The van der Waals surface area contributed by atoms with Crippen LogP contribution in [0.25, 0.3) is 0 Å². The first kappa shape index (κ1) is 10.1. The highest BCUT2D eigenvalue weighted by Crippen LogP contribution is 2.34. The minimum Gasteiger partial charge on any atom is -0.367 e. The minimum absolute atomic E-state index is 0.179. The van der Waals surface area contributed by atoms with Gasteiger partial charge in [-0.15, -0.1) is 0 Å². The lowest BCUT2D eigenvalue weighted by molar-refractivity contribution is 0.573. The molecule has 0 aromatic heterocycles. The van der Waals surface area contributed by atoms with E-state index < -0.39 is 0 Å². The van der Waals surface area contributed by atoms with E-state index in [0.717, 1.165) is 0 Å². The van der Waals surface area contributed by atoms with Gasteiger partial charge in [-0.3, -0.25) is 4.99 Å². The van der Waals surface area contributed by atoms with Crippen LogP contribution < -0.4 is 5.32 Å². The monoisotopic (exact) mass is 222 g/mol. The average Bonchev–Trinajstić information content (AvgIpc) is 2.90. The van der Waals surface area contributed by atoms with Crippen molar-refractivity contribution in [3.05, 3.63) is 71.8 Å². The van der Waals surface area contributed by atoms with Crippen molar-refractivity contribution in [3.8, 4) is 0 Å². The van der Waals surface area contributed by atoms with Crippen molar-refractivity contribution in [2.24, 2.45) is 4.99 Å². The molecule has 1 N–H and O–H groups in total. The third kappa shape index (κ3) is 1.94. The fraction of sp³-hybridized carbons (Fsp3) is 0.133. The Kier molecular flexibility index (Phi) is 2.62. The highest BCUT2D eigenvalue weighted by molar-refractivity contribution is 5.60. The molecule has 2 nitrogen and oxygen atoms in total. The quantitative estimate of drug-likeness (QED) is 0.829. The van der Waals surface area contributed by atoms with Crippen molar-refractivity contribution in [2.75, 3.05) is 0 Å². The van der Waals surface area contributed by atoms with Crippen LogP contribution in [0.1, 0.15) is 23.2 Å². The summed E-state index contributed by atoms with van der Waals surface area (Å²) >= 11 is 0. The van der Waals surface area contributed by atoms with Crippen molar-refractivity contribution in [1.29, 1.82) is 0 Å². The summed E-state index contributed by atoms with van der Waals surface area (Å²) in [5.74, 6) is 0. The molecule has 1 aliphatic rings. The fourth-order valence-electron chi connectivity index (χ4n) is 2.25. The third-order valence-electron chi connectivity index (χ3n) is 3.10. The van der Waals surface area contributed by atoms with E-state index in [4.69, 9.17) is 0 Å². The third-order valence-corrected chi connectivity index (χ3v) is 3.10. The van der Waals surface area contributed by atoms with Crippen LogP contribution in [0.15, 0.2) is 65.7 Å². The van der Waals surface area contributed by atoms with Crippen LogP contribution in [0.5, 0.6) is 0 Å². The molecule has 0 radical (unpaired) electrons. The molecule has 0 saturated carbocycles. The van der Waals surface area contributed by atoms with Crippen LogP contribution in [-0.4, -0.2) is 6.34 Å². The second-order valence-corrected chi connectivity index (χ2v) is 4.19. The Hall–Kier alpha value is -2.09. The molecule has 0 bridgehead atoms. The number of nitrogens with one attached hydrogen (secondary N) is 1. The summed E-state index contributed by atoms with van der Waals surface area (Å²) in [5, 5.41) is 3.33. The maximum absolute atomic E-state index is 4.53. The van der Waals surface area contributed by atoms with Crippen molar-refractivity contribution in [1.82, 2.24) is 5.32 Å². The first-order valence-corrected chi connectivity index (χ1v) is 5.83. The van der Waals surface area contributed by atoms with Crippen molar-refractivity contribution in [2.45, 2.75) is 12.1 Å². The van der Waals surface area contributed by atoms with E-state index in [1.165, 1.54) is 11.1 Å². The number of nitrogens with zero attached hydrogens (tertiary/aromatic N) is 1. The van der Waals surface area contributed by atoms with Crippen LogP contribution in [0.4, 0.5) is 0 Å². The maximum atomic E-state index is 4.53. The van der Waals surface area contributed by atoms with Crippen molar-refractivity contribution in [3.63, 3.8) is 0 Å². The molecule has 3 rings (SSSR count). The summed E-state index contributed by atoms with van der Waals surface area (Å²) in [5.41, 5.74) is 2.53. The molecule has 0 fully saturated rings. The highest BCUT2D eigenvalue weighted by Gasteiger charge is 2.26. The molecule has 0 aliphatic carbocycles.